The van der Waals surface area contributed by atoms with Crippen LogP contribution in [0.5, 0.6) is 0 Å². The van der Waals surface area contributed by atoms with Crippen LogP contribution >= 0.6 is 0 Å². The van der Waals surface area contributed by atoms with Crippen LogP contribution in [0.25, 0.3) is 0 Å². The van der Waals surface area contributed by atoms with Crippen molar-refractivity contribution in [1.82, 2.24) is 0 Å². The molecule has 38 heavy (non-hydrogen) atoms. The van der Waals surface area contributed by atoms with Gasteiger partial charge in [0.15, 0.2) is 8.07 Å². The average Bonchev–Trinajstić information content (AvgIpc) is 3.29. The molecule has 199 valence electrons. The number of hydrogen-bond donors (Lipinski definition) is 0. The highest BCUT2D eigenvalue weighted by Crippen LogP contribution is 2.34. The number of benzene rings is 3. The smallest absolute Gasteiger partial charge is 0.0721 e. The van der Waals surface area contributed by atoms with Crippen LogP contribution in [0, 0.1) is 5.54 Å². The van der Waals surface area contributed by atoms with Gasteiger partial charge in [0.1, 0.15) is 0 Å². The Labute approximate surface area is 233 Å². The topological polar surface area (TPSA) is 0 Å². The molecule has 3 aromatic rings. The largest absolute Gasteiger partial charge is 0.163 e. The van der Waals surface area contributed by atoms with Gasteiger partial charge >= 0.3 is 0 Å². The Balaban J connectivity index is 1.91. The number of hydrogen-bond acceptors (Lipinski definition) is 0. The van der Waals surface area contributed by atoms with E-state index in [9.17, 15) is 0 Å². The summed E-state index contributed by atoms with van der Waals surface area (Å²) >= 11 is 0. The van der Waals surface area contributed by atoms with Crippen molar-refractivity contribution >= 4 is 23.6 Å². The maximum atomic E-state index is 2.49. The summed E-state index contributed by atoms with van der Waals surface area (Å²) in [6.45, 7) is 11.4. The summed E-state index contributed by atoms with van der Waals surface area (Å²) in [4.78, 5) is 0. The van der Waals surface area contributed by atoms with Gasteiger partial charge in [-0.25, -0.2) is 0 Å². The highest BCUT2D eigenvalue weighted by atomic mass is 28.3. The Kier molecular flexibility index (Phi) is 10.0. The fraction of sp³-hybridized carbons (Fsp3) is 0.378. The van der Waals surface area contributed by atoms with Crippen molar-refractivity contribution in [3.8, 4) is 0 Å². The van der Waals surface area contributed by atoms with Crippen LogP contribution in [0.4, 0.5) is 0 Å². The van der Waals surface area contributed by atoms with Crippen molar-refractivity contribution in [3.63, 3.8) is 0 Å². The third-order valence-electron chi connectivity index (χ3n) is 8.26. The molecule has 1 radical (unpaired) electrons. The Morgan fingerprint density at radius 3 is 1.08 bits per heavy atom. The fourth-order valence-electron chi connectivity index (χ4n) is 6.08. The van der Waals surface area contributed by atoms with E-state index in [1.807, 2.05) is 0 Å². The first-order valence-electron chi connectivity index (χ1n) is 15.1. The molecular formula is C37H47Si. The number of rotatable bonds is 13. The van der Waals surface area contributed by atoms with Gasteiger partial charge in [0.05, 0.1) is 0 Å². The Bertz CT molecular complexity index is 1080. The molecule has 0 atom stereocenters. The first-order valence-corrected chi connectivity index (χ1v) is 17.1. The third-order valence-corrected chi connectivity index (χ3v) is 13.2. The molecule has 1 aliphatic carbocycles. The standard InChI is InChI=1S/C37H47Si/c1-6-9-12-31-15-21-34(22-16-31)38(37-28-29(4)27-30(37)5,35-23-17-32(18-24-35)13-10-7-2)36-25-19-33(20-26-36)14-11-8-3/h15-28H,6-14H2,1-5H3. The van der Waals surface area contributed by atoms with Gasteiger partial charge in [-0.1, -0.05) is 136 Å². The molecule has 0 saturated heterocycles. The zero-order chi connectivity index (χ0) is 27.0. The van der Waals surface area contributed by atoms with E-state index in [1.165, 1.54) is 81.9 Å². The minimum Gasteiger partial charge on any atom is -0.0721 e. The maximum Gasteiger partial charge on any atom is 0.163 e. The van der Waals surface area contributed by atoms with Crippen LogP contribution in [0.1, 0.15) is 89.8 Å². The summed E-state index contributed by atoms with van der Waals surface area (Å²) in [6.07, 6.45) is 15.8. The number of aryl methyl sites for hydroxylation is 3. The van der Waals surface area contributed by atoms with Crippen LogP contribution in [0.15, 0.2) is 96.1 Å². The summed E-state index contributed by atoms with van der Waals surface area (Å²) in [5, 5.41) is 4.48. The zero-order valence-electron chi connectivity index (χ0n) is 24.4. The van der Waals surface area contributed by atoms with Gasteiger partial charge in [0, 0.05) is 5.54 Å². The second kappa shape index (κ2) is 13.4. The van der Waals surface area contributed by atoms with Crippen molar-refractivity contribution in [2.24, 2.45) is 0 Å². The highest BCUT2D eigenvalue weighted by molar-refractivity contribution is 7.16. The van der Waals surface area contributed by atoms with Gasteiger partial charge < -0.3 is 0 Å². The molecule has 0 bridgehead atoms. The van der Waals surface area contributed by atoms with E-state index in [0.29, 0.717) is 0 Å². The predicted molar refractivity (Wildman–Crippen MR) is 171 cm³/mol. The summed E-state index contributed by atoms with van der Waals surface area (Å²) in [5.41, 5.74) is 8.71. The monoisotopic (exact) mass is 519 g/mol. The minimum atomic E-state index is -2.49. The molecule has 1 aliphatic rings. The molecule has 0 saturated carbocycles. The second-order valence-electron chi connectivity index (χ2n) is 11.3. The van der Waals surface area contributed by atoms with Gasteiger partial charge in [-0.05, 0) is 84.6 Å². The second-order valence-corrected chi connectivity index (χ2v) is 15.1. The van der Waals surface area contributed by atoms with Crippen LogP contribution < -0.4 is 15.6 Å². The lowest BCUT2D eigenvalue weighted by molar-refractivity contribution is 0.795. The lowest BCUT2D eigenvalue weighted by atomic mass is 10.1. The molecule has 4 rings (SSSR count). The van der Waals surface area contributed by atoms with Crippen LogP contribution in [0.2, 0.25) is 0 Å². The molecule has 0 unspecified atom stereocenters. The molecule has 1 heteroatoms. The van der Waals surface area contributed by atoms with E-state index in [4.69, 9.17) is 0 Å². The Morgan fingerprint density at radius 1 is 0.474 bits per heavy atom. The van der Waals surface area contributed by atoms with E-state index >= 15 is 0 Å². The normalized spacial score (nSPS) is 14.0. The molecule has 0 fully saturated rings. The van der Waals surface area contributed by atoms with Gasteiger partial charge in [-0.15, -0.1) is 0 Å². The fourth-order valence-corrected chi connectivity index (χ4v) is 11.1. The minimum absolute atomic E-state index is 1.16. The lowest BCUT2D eigenvalue weighted by Gasteiger charge is -2.39. The summed E-state index contributed by atoms with van der Waals surface area (Å²) in [7, 11) is -2.49. The predicted octanol–water partition coefficient (Wildman–Crippen LogP) is 8.20. The lowest BCUT2D eigenvalue weighted by Crippen LogP contribution is -2.70. The molecule has 0 N–H and O–H groups in total. The Hall–Kier alpha value is -2.64. The van der Waals surface area contributed by atoms with Crippen molar-refractivity contribution in [2.45, 2.75) is 92.4 Å². The molecule has 0 heterocycles. The SMILES string of the molecule is CCCCc1ccc([Si]([C]2C=C(C)C=C2C)(c2ccc(CCCC)cc2)c2ccc(CCCC)cc2)cc1. The van der Waals surface area contributed by atoms with Gasteiger partial charge in [-0.2, -0.15) is 0 Å². The summed E-state index contributed by atoms with van der Waals surface area (Å²) in [6, 6.07) is 29.2. The summed E-state index contributed by atoms with van der Waals surface area (Å²) < 4.78 is 0. The molecule has 0 aliphatic heterocycles. The molecule has 0 nitrogen and oxygen atoms in total. The van der Waals surface area contributed by atoms with Gasteiger partial charge in [-0.3, -0.25) is 0 Å². The first kappa shape index (κ1) is 28.4. The van der Waals surface area contributed by atoms with Crippen molar-refractivity contribution in [1.29, 1.82) is 0 Å². The number of unbranched alkanes of at least 4 members (excludes halogenated alkanes) is 3. The molecule has 0 amide bonds. The van der Waals surface area contributed by atoms with Gasteiger partial charge in [0.25, 0.3) is 0 Å². The van der Waals surface area contributed by atoms with E-state index < -0.39 is 8.07 Å². The van der Waals surface area contributed by atoms with Gasteiger partial charge in [0.2, 0.25) is 0 Å². The van der Waals surface area contributed by atoms with E-state index in [0.717, 1.165) is 19.3 Å². The van der Waals surface area contributed by atoms with Crippen LogP contribution in [0.3, 0.4) is 0 Å². The van der Waals surface area contributed by atoms with Crippen molar-refractivity contribution in [2.75, 3.05) is 0 Å². The highest BCUT2D eigenvalue weighted by Gasteiger charge is 2.47. The van der Waals surface area contributed by atoms with E-state index in [2.05, 4.69) is 120 Å². The van der Waals surface area contributed by atoms with Crippen molar-refractivity contribution < 1.29 is 0 Å². The zero-order valence-corrected chi connectivity index (χ0v) is 25.4. The molecular weight excluding hydrogens is 472 g/mol. The molecule has 0 spiro atoms. The maximum absolute atomic E-state index is 2.49. The van der Waals surface area contributed by atoms with E-state index in [-0.39, 0.29) is 0 Å². The quantitative estimate of drug-likeness (QED) is 0.158. The van der Waals surface area contributed by atoms with Crippen LogP contribution in [-0.4, -0.2) is 8.07 Å². The van der Waals surface area contributed by atoms with Crippen LogP contribution in [-0.2, 0) is 19.3 Å². The first-order chi connectivity index (χ1) is 18.5. The Morgan fingerprint density at radius 2 is 0.816 bits per heavy atom. The summed E-state index contributed by atoms with van der Waals surface area (Å²) in [5.74, 6) is 0. The van der Waals surface area contributed by atoms with Crippen molar-refractivity contribution in [3.05, 3.63) is 118 Å². The third kappa shape index (κ3) is 6.15. The van der Waals surface area contributed by atoms with E-state index in [1.54, 1.807) is 5.54 Å². The number of allylic oxidation sites excluding steroid dienone is 4. The molecule has 0 aromatic heterocycles. The molecule has 3 aromatic carbocycles. The average molecular weight is 520 g/mol.